The van der Waals surface area contributed by atoms with Crippen molar-refractivity contribution >= 4 is 44.4 Å². The van der Waals surface area contributed by atoms with Gasteiger partial charge in [0, 0.05) is 75.2 Å². The Morgan fingerprint density at radius 2 is 1.63 bits per heavy atom. The molecule has 0 radical (unpaired) electrons. The Bertz CT molecular complexity index is 1550. The summed E-state index contributed by atoms with van der Waals surface area (Å²) in [6.45, 7) is 10.1. The van der Waals surface area contributed by atoms with Crippen molar-refractivity contribution in [1.82, 2.24) is 14.9 Å². The molecule has 1 atom stereocenters. The molecule has 3 aromatic rings. The van der Waals surface area contributed by atoms with Gasteiger partial charge >= 0.3 is 0 Å². The van der Waals surface area contributed by atoms with Gasteiger partial charge in [-0.15, -0.1) is 0 Å². The van der Waals surface area contributed by atoms with Crippen molar-refractivity contribution in [3.63, 3.8) is 0 Å². The van der Waals surface area contributed by atoms with Crippen molar-refractivity contribution in [1.29, 1.82) is 4.78 Å². The molecule has 2 fully saturated rings. The van der Waals surface area contributed by atoms with Crippen LogP contribution in [-0.4, -0.2) is 76.6 Å². The lowest BCUT2D eigenvalue weighted by Gasteiger charge is -2.37. The third-order valence-corrected chi connectivity index (χ3v) is 9.44. The summed E-state index contributed by atoms with van der Waals surface area (Å²) in [7, 11) is -2.96. The minimum atomic E-state index is -2.96. The fraction of sp³-hybridized carbons (Fsp3) is 0.433. The number of nitrogens with zero attached hydrogens (tertiary/aromatic N) is 5. The maximum atomic E-state index is 13.9. The molecular formula is C30H38ClN7O2S. The molecule has 0 aliphatic carbocycles. The topological polar surface area (TPSA) is 106 Å². The summed E-state index contributed by atoms with van der Waals surface area (Å²) in [5, 5.41) is 4.74. The van der Waals surface area contributed by atoms with Crippen LogP contribution in [0, 0.1) is 25.6 Å². The minimum absolute atomic E-state index is 0.0357. The predicted molar refractivity (Wildman–Crippen MR) is 166 cm³/mol. The van der Waals surface area contributed by atoms with Crippen LogP contribution in [0.15, 0.2) is 47.8 Å². The second-order valence-corrected chi connectivity index (χ2v) is 13.5. The van der Waals surface area contributed by atoms with E-state index in [1.165, 1.54) is 6.26 Å². The van der Waals surface area contributed by atoms with E-state index in [-0.39, 0.29) is 5.91 Å². The molecule has 9 nitrogen and oxygen atoms in total. The van der Waals surface area contributed by atoms with Crippen molar-refractivity contribution in [2.45, 2.75) is 44.7 Å². The van der Waals surface area contributed by atoms with Gasteiger partial charge in [0.2, 0.25) is 0 Å². The van der Waals surface area contributed by atoms with Gasteiger partial charge in [-0.3, -0.25) is 4.79 Å². The van der Waals surface area contributed by atoms with Gasteiger partial charge in [0.1, 0.15) is 5.82 Å². The van der Waals surface area contributed by atoms with E-state index >= 15 is 0 Å². The largest absolute Gasteiger partial charge is 0.382 e. The van der Waals surface area contributed by atoms with Crippen molar-refractivity contribution in [3.8, 4) is 0 Å². The molecule has 0 saturated carbocycles. The summed E-state index contributed by atoms with van der Waals surface area (Å²) in [5.41, 5.74) is 5.62. The molecule has 41 heavy (non-hydrogen) atoms. The highest BCUT2D eigenvalue weighted by Crippen LogP contribution is 2.32. The van der Waals surface area contributed by atoms with Crippen molar-refractivity contribution in [2.24, 2.45) is 0 Å². The number of aryl methyl sites for hydroxylation is 2. The molecule has 11 heteroatoms. The van der Waals surface area contributed by atoms with E-state index in [9.17, 15) is 9.00 Å². The number of hydrogen-bond donors (Lipinski definition) is 2. The van der Waals surface area contributed by atoms with Gasteiger partial charge in [0.25, 0.3) is 5.91 Å². The van der Waals surface area contributed by atoms with E-state index in [4.69, 9.17) is 16.4 Å². The number of benzene rings is 1. The second-order valence-electron chi connectivity index (χ2n) is 11.1. The van der Waals surface area contributed by atoms with Crippen LogP contribution < -0.4 is 15.1 Å². The van der Waals surface area contributed by atoms with Crippen molar-refractivity contribution in [3.05, 3.63) is 70.0 Å². The molecule has 0 spiro atoms. The monoisotopic (exact) mass is 595 g/mol. The first-order valence-electron chi connectivity index (χ1n) is 14.0. The number of nitrogens with one attached hydrogen (secondary N) is 2. The van der Waals surface area contributed by atoms with Gasteiger partial charge in [-0.25, -0.2) is 19.0 Å². The van der Waals surface area contributed by atoms with Crippen LogP contribution in [0.2, 0.25) is 5.02 Å². The number of carbonyl (C=O) groups is 1. The molecule has 2 aliphatic rings. The quantitative estimate of drug-likeness (QED) is 0.407. The molecule has 4 heterocycles. The number of hydrogen-bond acceptors (Lipinski definition) is 8. The highest BCUT2D eigenvalue weighted by molar-refractivity contribution is 7.91. The van der Waals surface area contributed by atoms with Crippen molar-refractivity contribution < 1.29 is 9.00 Å². The van der Waals surface area contributed by atoms with E-state index in [0.29, 0.717) is 48.0 Å². The van der Waals surface area contributed by atoms with E-state index in [1.54, 1.807) is 18.5 Å². The first-order chi connectivity index (χ1) is 19.5. The first kappa shape index (κ1) is 29.1. The van der Waals surface area contributed by atoms with Crippen LogP contribution in [0.4, 0.5) is 17.2 Å². The molecule has 2 aliphatic heterocycles. The number of pyridine rings is 2. The summed E-state index contributed by atoms with van der Waals surface area (Å²) < 4.78 is 20.5. The zero-order valence-corrected chi connectivity index (χ0v) is 25.7. The number of carbonyl (C=O) groups excluding carboxylic acids is 1. The summed E-state index contributed by atoms with van der Waals surface area (Å²) in [6, 6.07) is 9.78. The van der Waals surface area contributed by atoms with Gasteiger partial charge in [-0.2, -0.15) is 0 Å². The normalized spacial score (nSPS) is 17.8. The lowest BCUT2D eigenvalue weighted by Crippen LogP contribution is -2.49. The first-order valence-corrected chi connectivity index (χ1v) is 16.3. The number of piperazine rings is 1. The third kappa shape index (κ3) is 6.13. The molecule has 2 aromatic heterocycles. The lowest BCUT2D eigenvalue weighted by atomic mass is 9.94. The predicted octanol–water partition coefficient (Wildman–Crippen LogP) is 5.13. The van der Waals surface area contributed by atoms with Crippen LogP contribution in [-0.2, 0) is 9.73 Å². The molecule has 5 rings (SSSR count). The Morgan fingerprint density at radius 3 is 2.29 bits per heavy atom. The SMILES string of the molecule is Cc1cc(C)c(C(=O)N2CCN(c3cccnc3[S@](C)(=N)=O)CC2)c(C)c1NC1CCN(c2ncccc2Cl)CC1. The van der Waals surface area contributed by atoms with E-state index in [1.807, 2.05) is 36.9 Å². The third-order valence-electron chi connectivity index (χ3n) is 8.10. The molecular weight excluding hydrogens is 558 g/mol. The Balaban J connectivity index is 1.27. The zero-order valence-electron chi connectivity index (χ0n) is 24.1. The second kappa shape index (κ2) is 11.9. The number of piperidine rings is 1. The van der Waals surface area contributed by atoms with Gasteiger partial charge < -0.3 is 20.0 Å². The molecule has 218 valence electrons. The van der Waals surface area contributed by atoms with Crippen LogP contribution in [0.25, 0.3) is 0 Å². The smallest absolute Gasteiger partial charge is 0.254 e. The van der Waals surface area contributed by atoms with E-state index < -0.39 is 9.73 Å². The van der Waals surface area contributed by atoms with Gasteiger partial charge in [-0.1, -0.05) is 17.7 Å². The average Bonchev–Trinajstić information content (AvgIpc) is 2.95. The summed E-state index contributed by atoms with van der Waals surface area (Å²) in [6.07, 6.45) is 6.64. The number of rotatable bonds is 6. The van der Waals surface area contributed by atoms with Crippen LogP contribution in [0.5, 0.6) is 0 Å². The Morgan fingerprint density at radius 1 is 0.976 bits per heavy atom. The zero-order chi connectivity index (χ0) is 29.3. The van der Waals surface area contributed by atoms with Crippen LogP contribution in [0.1, 0.15) is 39.9 Å². The summed E-state index contributed by atoms with van der Waals surface area (Å²) in [4.78, 5) is 28.8. The Kier molecular flexibility index (Phi) is 8.42. The maximum Gasteiger partial charge on any atom is 0.254 e. The lowest BCUT2D eigenvalue weighted by molar-refractivity contribution is 0.0745. The standard InChI is InChI=1S/C30H38ClN7O2S/c1-20-19-21(2)27(35-23-9-13-37(14-10-23)28-24(31)7-5-11-33-28)22(3)26(20)30(39)38-17-15-36(16-18-38)25-8-6-12-34-29(25)41(4,32)40/h5-8,11-12,19,23,32,35H,9-10,13-18H2,1-4H3/t41-/m1/s1. The van der Waals surface area contributed by atoms with Gasteiger partial charge in [0.05, 0.1) is 20.4 Å². The number of halogens is 1. The number of aromatic nitrogens is 2. The van der Waals surface area contributed by atoms with Crippen molar-refractivity contribution in [2.75, 3.05) is 60.6 Å². The average molecular weight is 596 g/mol. The Labute approximate surface area is 247 Å². The molecule has 0 unspecified atom stereocenters. The number of amides is 1. The van der Waals surface area contributed by atoms with E-state index in [0.717, 1.165) is 59.7 Å². The van der Waals surface area contributed by atoms with Gasteiger partial charge in [0.15, 0.2) is 5.03 Å². The fourth-order valence-corrected chi connectivity index (χ4v) is 7.12. The Hall–Kier alpha value is -3.37. The van der Waals surface area contributed by atoms with Crippen LogP contribution >= 0.6 is 11.6 Å². The molecule has 2 N–H and O–H groups in total. The summed E-state index contributed by atoms with van der Waals surface area (Å²) >= 11 is 6.37. The summed E-state index contributed by atoms with van der Waals surface area (Å²) in [5.74, 6) is 0.875. The van der Waals surface area contributed by atoms with Gasteiger partial charge in [-0.05, 0) is 74.6 Å². The maximum absolute atomic E-state index is 13.9. The van der Waals surface area contributed by atoms with Crippen LogP contribution in [0.3, 0.4) is 0 Å². The van der Waals surface area contributed by atoms with E-state index in [2.05, 4.69) is 38.1 Å². The fourth-order valence-electron chi connectivity index (χ4n) is 6.02. The molecule has 0 bridgehead atoms. The molecule has 1 amide bonds. The number of anilines is 3. The minimum Gasteiger partial charge on any atom is -0.382 e. The molecule has 2 saturated heterocycles. The highest BCUT2D eigenvalue weighted by Gasteiger charge is 2.29. The highest BCUT2D eigenvalue weighted by atomic mass is 35.5. The molecule has 1 aromatic carbocycles.